The first-order chi connectivity index (χ1) is 21.7. The van der Waals surface area contributed by atoms with E-state index in [-0.39, 0.29) is 36.2 Å². The molecule has 4 rings (SSSR count). The highest BCUT2D eigenvalue weighted by Gasteiger charge is 2.30. The maximum absolute atomic E-state index is 14.0. The zero-order valence-electron chi connectivity index (χ0n) is 25.4. The lowest BCUT2D eigenvalue weighted by Crippen LogP contribution is -2.50. The van der Waals surface area contributed by atoms with Gasteiger partial charge in [-0.2, -0.15) is 0 Å². The van der Waals surface area contributed by atoms with Crippen molar-refractivity contribution in [3.8, 4) is 5.75 Å². The van der Waals surface area contributed by atoms with Gasteiger partial charge in [0.1, 0.15) is 11.8 Å². The largest absolute Gasteiger partial charge is 0.496 e. The van der Waals surface area contributed by atoms with Gasteiger partial charge in [-0.15, -0.1) is 0 Å². The smallest absolute Gasteiger partial charge is 0.243 e. The summed E-state index contributed by atoms with van der Waals surface area (Å²) in [6, 6.07) is 30.0. The minimum atomic E-state index is -3.58. The number of halogens is 1. The fraction of sp³-hybridized carbons (Fsp3) is 0.257. The van der Waals surface area contributed by atoms with Crippen molar-refractivity contribution in [1.82, 2.24) is 14.9 Å². The van der Waals surface area contributed by atoms with Crippen LogP contribution in [0.1, 0.15) is 35.6 Å². The molecule has 4 aromatic rings. The molecule has 0 bridgehead atoms. The van der Waals surface area contributed by atoms with Crippen LogP contribution in [-0.2, 0) is 45.5 Å². The Balaban J connectivity index is 1.60. The van der Waals surface area contributed by atoms with Crippen molar-refractivity contribution in [2.45, 2.75) is 50.2 Å². The third-order valence-corrected chi connectivity index (χ3v) is 9.19. The van der Waals surface area contributed by atoms with E-state index in [1.165, 1.54) is 12.1 Å². The lowest BCUT2D eigenvalue weighted by atomic mass is 10.0. The van der Waals surface area contributed by atoms with E-state index in [0.717, 1.165) is 22.3 Å². The summed E-state index contributed by atoms with van der Waals surface area (Å²) in [5.41, 5.74) is 3.38. The molecule has 45 heavy (non-hydrogen) atoms. The van der Waals surface area contributed by atoms with E-state index >= 15 is 0 Å². The first kappa shape index (κ1) is 33.7. The maximum Gasteiger partial charge on any atom is 0.243 e. The van der Waals surface area contributed by atoms with Gasteiger partial charge in [-0.3, -0.25) is 9.59 Å². The Bertz CT molecular complexity index is 1660. The normalized spacial score (nSPS) is 11.9. The third-order valence-electron chi connectivity index (χ3n) is 7.38. The number of hydrogen-bond donors (Lipinski definition) is 2. The van der Waals surface area contributed by atoms with Crippen LogP contribution in [0.25, 0.3) is 0 Å². The lowest BCUT2D eigenvalue weighted by Gasteiger charge is -2.32. The molecule has 8 nitrogen and oxygen atoms in total. The molecule has 2 N–H and O–H groups in total. The second-order valence-electron chi connectivity index (χ2n) is 10.5. The summed E-state index contributed by atoms with van der Waals surface area (Å²) in [5, 5.41) is 3.61. The summed E-state index contributed by atoms with van der Waals surface area (Å²) in [5.74, 6) is 0.170. The summed E-state index contributed by atoms with van der Waals surface area (Å²) in [6.07, 6.45) is 0.811. The standard InChI is InChI=1S/C35H38ClN3O5S/c1-3-38-45(42,43)31-20-15-26(16-21-31)17-22-34(40)39(25-28-13-18-30(36)19-14-28)32(23-27-9-5-4-6-10-27)35(41)37-24-29-11-7-8-12-33(29)44-2/h4-16,18-21,32,38H,3,17,22-25H2,1-2H3,(H,37,41). The predicted octanol–water partition coefficient (Wildman–Crippen LogP) is 5.54. The highest BCUT2D eigenvalue weighted by atomic mass is 35.5. The van der Waals surface area contributed by atoms with Gasteiger partial charge in [0.2, 0.25) is 21.8 Å². The molecule has 0 heterocycles. The molecule has 236 valence electrons. The summed E-state index contributed by atoms with van der Waals surface area (Å²) in [6.45, 7) is 2.45. The molecule has 0 fully saturated rings. The average Bonchev–Trinajstić information content (AvgIpc) is 3.05. The van der Waals surface area contributed by atoms with E-state index in [9.17, 15) is 18.0 Å². The molecule has 0 aliphatic carbocycles. The first-order valence-electron chi connectivity index (χ1n) is 14.8. The van der Waals surface area contributed by atoms with Crippen LogP contribution in [0.3, 0.4) is 0 Å². The fourth-order valence-electron chi connectivity index (χ4n) is 4.99. The van der Waals surface area contributed by atoms with E-state index in [0.29, 0.717) is 30.2 Å². The highest BCUT2D eigenvalue weighted by Crippen LogP contribution is 2.21. The van der Waals surface area contributed by atoms with Crippen LogP contribution in [0, 0.1) is 0 Å². The SMILES string of the molecule is CCNS(=O)(=O)c1ccc(CCC(=O)N(Cc2ccc(Cl)cc2)C(Cc2ccccc2)C(=O)NCc2ccccc2OC)cc1. The molecule has 4 aromatic carbocycles. The monoisotopic (exact) mass is 647 g/mol. The molecule has 0 aliphatic heterocycles. The molecular formula is C35H38ClN3O5S. The van der Waals surface area contributed by atoms with Crippen molar-refractivity contribution in [2.75, 3.05) is 13.7 Å². The Hall–Kier alpha value is -4.18. The number of sulfonamides is 1. The maximum atomic E-state index is 14.0. The van der Waals surface area contributed by atoms with Crippen molar-refractivity contribution in [2.24, 2.45) is 0 Å². The van der Waals surface area contributed by atoms with Crippen molar-refractivity contribution < 1.29 is 22.7 Å². The number of amides is 2. The summed E-state index contributed by atoms with van der Waals surface area (Å²) >= 11 is 6.13. The van der Waals surface area contributed by atoms with Crippen LogP contribution in [0.15, 0.2) is 108 Å². The van der Waals surface area contributed by atoms with Crippen LogP contribution < -0.4 is 14.8 Å². The molecule has 0 aromatic heterocycles. The Morgan fingerprint density at radius 2 is 1.49 bits per heavy atom. The van der Waals surface area contributed by atoms with Gasteiger partial charge in [-0.1, -0.05) is 91.3 Å². The van der Waals surface area contributed by atoms with Gasteiger partial charge in [-0.25, -0.2) is 13.1 Å². The molecule has 0 aliphatic rings. The van der Waals surface area contributed by atoms with E-state index in [1.54, 1.807) is 43.2 Å². The van der Waals surface area contributed by atoms with Crippen LogP contribution in [0.2, 0.25) is 5.02 Å². The number of carbonyl (C=O) groups excluding carboxylic acids is 2. The van der Waals surface area contributed by atoms with Gasteiger partial charge < -0.3 is 15.0 Å². The highest BCUT2D eigenvalue weighted by molar-refractivity contribution is 7.89. The first-order valence-corrected chi connectivity index (χ1v) is 16.6. The average molecular weight is 648 g/mol. The van der Waals surface area contributed by atoms with Crippen molar-refractivity contribution in [3.63, 3.8) is 0 Å². The molecular weight excluding hydrogens is 610 g/mol. The summed E-state index contributed by atoms with van der Waals surface area (Å²) < 4.78 is 32.6. The number of ether oxygens (including phenoxy) is 1. The van der Waals surface area contributed by atoms with Crippen LogP contribution in [0.4, 0.5) is 0 Å². The van der Waals surface area contributed by atoms with Gasteiger partial charge in [0.15, 0.2) is 0 Å². The minimum absolute atomic E-state index is 0.123. The van der Waals surface area contributed by atoms with Gasteiger partial charge in [0, 0.05) is 43.1 Å². The number of para-hydroxylation sites is 1. The topological polar surface area (TPSA) is 105 Å². The quantitative estimate of drug-likeness (QED) is 0.176. The van der Waals surface area contributed by atoms with Gasteiger partial charge in [-0.05, 0) is 53.4 Å². The molecule has 2 amide bonds. The van der Waals surface area contributed by atoms with Gasteiger partial charge in [0.05, 0.1) is 12.0 Å². The molecule has 0 radical (unpaired) electrons. The molecule has 0 saturated carbocycles. The number of methoxy groups -OCH3 is 1. The van der Waals surface area contributed by atoms with Crippen LogP contribution >= 0.6 is 11.6 Å². The van der Waals surface area contributed by atoms with Gasteiger partial charge in [0.25, 0.3) is 0 Å². The molecule has 1 unspecified atom stereocenters. The lowest BCUT2D eigenvalue weighted by molar-refractivity contribution is -0.141. The molecule has 0 saturated heterocycles. The second-order valence-corrected chi connectivity index (χ2v) is 12.7. The Labute approximate surface area is 270 Å². The summed E-state index contributed by atoms with van der Waals surface area (Å²) in [4.78, 5) is 29.7. The number of benzene rings is 4. The molecule has 1 atom stereocenters. The van der Waals surface area contributed by atoms with Crippen LogP contribution in [-0.4, -0.2) is 44.8 Å². The third kappa shape index (κ3) is 9.65. The molecule has 0 spiro atoms. The number of nitrogens with one attached hydrogen (secondary N) is 2. The summed E-state index contributed by atoms with van der Waals surface area (Å²) in [7, 11) is -1.99. The van der Waals surface area contributed by atoms with Gasteiger partial charge >= 0.3 is 0 Å². The number of nitrogens with zero attached hydrogens (tertiary/aromatic N) is 1. The number of hydrogen-bond acceptors (Lipinski definition) is 5. The predicted molar refractivity (Wildman–Crippen MR) is 176 cm³/mol. The van der Waals surface area contributed by atoms with E-state index in [1.807, 2.05) is 66.7 Å². The molecule has 10 heteroatoms. The fourth-order valence-corrected chi connectivity index (χ4v) is 6.16. The Kier molecular flexibility index (Phi) is 12.2. The number of aryl methyl sites for hydroxylation is 1. The van der Waals surface area contributed by atoms with Crippen molar-refractivity contribution >= 4 is 33.4 Å². The van der Waals surface area contributed by atoms with E-state index < -0.39 is 16.1 Å². The van der Waals surface area contributed by atoms with Crippen molar-refractivity contribution in [1.29, 1.82) is 0 Å². The zero-order chi connectivity index (χ0) is 32.2. The number of carbonyl (C=O) groups is 2. The van der Waals surface area contributed by atoms with Crippen molar-refractivity contribution in [3.05, 3.63) is 130 Å². The van der Waals surface area contributed by atoms with E-state index in [2.05, 4.69) is 10.0 Å². The Morgan fingerprint density at radius 1 is 0.844 bits per heavy atom. The minimum Gasteiger partial charge on any atom is -0.496 e. The Morgan fingerprint density at radius 3 is 2.16 bits per heavy atom. The number of rotatable bonds is 15. The second kappa shape index (κ2) is 16.2. The van der Waals surface area contributed by atoms with Crippen LogP contribution in [0.5, 0.6) is 5.75 Å². The zero-order valence-corrected chi connectivity index (χ0v) is 27.0. The van der Waals surface area contributed by atoms with E-state index in [4.69, 9.17) is 16.3 Å².